The number of nitrogens with zero attached hydrogens (tertiary/aromatic N) is 1. The molecule has 1 unspecified atom stereocenters. The van der Waals surface area contributed by atoms with Gasteiger partial charge in [0.2, 0.25) is 0 Å². The summed E-state index contributed by atoms with van der Waals surface area (Å²) in [7, 11) is -0.500. The molecule has 0 saturated carbocycles. The summed E-state index contributed by atoms with van der Waals surface area (Å²) >= 11 is 3.22. The molecule has 1 aromatic heterocycles. The standard InChI is InChI=1S/C22H21BrF3NO4S/c1-21(2,3)31-20(29)19-12-9-17(28)14(23)10-15(12)27(4)16(19)11-32(30)18-8-6-5-7-13(18)22(24,25)26/h5-10,28H,11H2,1-4H3. The molecule has 0 aliphatic heterocycles. The summed E-state index contributed by atoms with van der Waals surface area (Å²) in [4.78, 5) is 12.7. The second-order valence-electron chi connectivity index (χ2n) is 8.19. The van der Waals surface area contributed by atoms with E-state index in [-0.39, 0.29) is 27.7 Å². The highest BCUT2D eigenvalue weighted by Crippen LogP contribution is 2.37. The topological polar surface area (TPSA) is 68.5 Å². The van der Waals surface area contributed by atoms with Crippen LogP contribution in [0.1, 0.15) is 42.4 Å². The van der Waals surface area contributed by atoms with Crippen LogP contribution in [-0.2, 0) is 34.5 Å². The van der Waals surface area contributed by atoms with Crippen LogP contribution in [0.15, 0.2) is 45.8 Å². The van der Waals surface area contributed by atoms with Crippen LogP contribution in [0, 0.1) is 0 Å². The third-order valence-electron chi connectivity index (χ3n) is 4.70. The van der Waals surface area contributed by atoms with E-state index in [0.29, 0.717) is 15.4 Å². The highest BCUT2D eigenvalue weighted by Gasteiger charge is 2.35. The number of carbonyl (C=O) groups is 1. The number of rotatable bonds is 4. The number of hydrogen-bond acceptors (Lipinski definition) is 4. The second kappa shape index (κ2) is 8.55. The SMILES string of the molecule is Cn1c(CS(=O)c2ccccc2C(F)(F)F)c(C(=O)OC(C)(C)C)c2cc(O)c(Br)cc21. The maximum Gasteiger partial charge on any atom is 0.417 e. The maximum absolute atomic E-state index is 13.4. The normalized spacial score (nSPS) is 13.4. The van der Waals surface area contributed by atoms with Gasteiger partial charge >= 0.3 is 12.1 Å². The number of ether oxygens (including phenoxy) is 1. The van der Waals surface area contributed by atoms with E-state index in [4.69, 9.17) is 4.74 Å². The molecule has 0 amide bonds. The number of phenols is 1. The number of halogens is 4. The first-order valence-electron chi connectivity index (χ1n) is 9.48. The number of hydrogen-bond donors (Lipinski definition) is 1. The van der Waals surface area contributed by atoms with Crippen molar-refractivity contribution >= 4 is 43.6 Å². The van der Waals surface area contributed by atoms with Crippen LogP contribution in [0.2, 0.25) is 0 Å². The Morgan fingerprint density at radius 3 is 2.41 bits per heavy atom. The molecule has 5 nitrogen and oxygen atoms in total. The fourth-order valence-corrected chi connectivity index (χ4v) is 5.06. The van der Waals surface area contributed by atoms with Gasteiger partial charge in [-0.1, -0.05) is 12.1 Å². The van der Waals surface area contributed by atoms with Crippen molar-refractivity contribution in [1.82, 2.24) is 4.57 Å². The number of aromatic nitrogens is 1. The fourth-order valence-electron chi connectivity index (χ4n) is 3.32. The molecule has 0 bridgehead atoms. The Hall–Kier alpha value is -2.33. The van der Waals surface area contributed by atoms with E-state index in [1.165, 1.54) is 18.2 Å². The Bertz CT molecular complexity index is 1230. The van der Waals surface area contributed by atoms with Crippen molar-refractivity contribution < 1.29 is 32.0 Å². The van der Waals surface area contributed by atoms with Crippen molar-refractivity contribution in [3.8, 4) is 5.75 Å². The van der Waals surface area contributed by atoms with Gasteiger partial charge in [0, 0.05) is 18.1 Å². The summed E-state index contributed by atoms with van der Waals surface area (Å²) in [5, 5.41) is 10.5. The molecule has 32 heavy (non-hydrogen) atoms. The number of carbonyl (C=O) groups excluding carboxylic acids is 1. The molecule has 172 valence electrons. The molecule has 1 N–H and O–H groups in total. The number of esters is 1. The Balaban J connectivity index is 2.18. The van der Waals surface area contributed by atoms with Gasteiger partial charge in [0.25, 0.3) is 0 Å². The third-order valence-corrected chi connectivity index (χ3v) is 6.72. The van der Waals surface area contributed by atoms with Gasteiger partial charge in [-0.05, 0) is 61.0 Å². The van der Waals surface area contributed by atoms with E-state index in [2.05, 4.69) is 15.9 Å². The van der Waals surface area contributed by atoms with Crippen molar-refractivity contribution in [3.05, 3.63) is 57.7 Å². The molecule has 0 aliphatic rings. The summed E-state index contributed by atoms with van der Waals surface area (Å²) in [6.45, 7) is 5.05. The lowest BCUT2D eigenvalue weighted by atomic mass is 10.1. The average Bonchev–Trinajstić information content (AvgIpc) is 2.91. The van der Waals surface area contributed by atoms with Gasteiger partial charge in [0.05, 0.1) is 42.6 Å². The van der Waals surface area contributed by atoms with Crippen LogP contribution < -0.4 is 0 Å². The molecule has 0 aliphatic carbocycles. The van der Waals surface area contributed by atoms with Crippen molar-refractivity contribution in [1.29, 1.82) is 0 Å². The van der Waals surface area contributed by atoms with Gasteiger partial charge in [-0.15, -0.1) is 0 Å². The van der Waals surface area contributed by atoms with Crippen LogP contribution in [0.25, 0.3) is 10.9 Å². The van der Waals surface area contributed by atoms with Gasteiger partial charge in [-0.2, -0.15) is 13.2 Å². The maximum atomic E-state index is 13.4. The number of phenolic OH excluding ortho intramolecular Hbond substituents is 1. The molecule has 10 heteroatoms. The predicted octanol–water partition coefficient (Wildman–Crippen LogP) is 5.93. The molecule has 0 radical (unpaired) electrons. The number of alkyl halides is 3. The zero-order chi connectivity index (χ0) is 24.0. The number of aryl methyl sites for hydroxylation is 1. The first-order valence-corrected chi connectivity index (χ1v) is 11.6. The smallest absolute Gasteiger partial charge is 0.417 e. The largest absolute Gasteiger partial charge is 0.507 e. The lowest BCUT2D eigenvalue weighted by Gasteiger charge is -2.20. The van der Waals surface area contributed by atoms with E-state index >= 15 is 0 Å². The Morgan fingerprint density at radius 1 is 1.19 bits per heavy atom. The monoisotopic (exact) mass is 531 g/mol. The minimum absolute atomic E-state index is 0.0538. The first-order chi connectivity index (χ1) is 14.7. The molecule has 2 aromatic carbocycles. The molecule has 3 rings (SSSR count). The van der Waals surface area contributed by atoms with Crippen LogP contribution in [0.4, 0.5) is 13.2 Å². The molecular weight excluding hydrogens is 511 g/mol. The molecule has 0 spiro atoms. The van der Waals surface area contributed by atoms with Gasteiger partial charge in [-0.25, -0.2) is 4.79 Å². The zero-order valence-electron chi connectivity index (χ0n) is 17.7. The summed E-state index contributed by atoms with van der Waals surface area (Å²) in [5.41, 5.74) is -1.02. The van der Waals surface area contributed by atoms with Gasteiger partial charge in [0.15, 0.2) is 0 Å². The molecular formula is C22H21BrF3NO4S. The van der Waals surface area contributed by atoms with E-state index in [0.717, 1.165) is 12.1 Å². The summed E-state index contributed by atoms with van der Waals surface area (Å²) in [6, 6.07) is 7.60. The number of fused-ring (bicyclic) bond motifs is 1. The molecule has 0 fully saturated rings. The zero-order valence-corrected chi connectivity index (χ0v) is 20.1. The lowest BCUT2D eigenvalue weighted by molar-refractivity contribution is -0.139. The summed E-state index contributed by atoms with van der Waals surface area (Å²) in [6.07, 6.45) is -4.67. The lowest BCUT2D eigenvalue weighted by Crippen LogP contribution is -2.24. The highest BCUT2D eigenvalue weighted by molar-refractivity contribution is 9.10. The molecule has 1 heterocycles. The van der Waals surface area contributed by atoms with E-state index < -0.39 is 34.1 Å². The quantitative estimate of drug-likeness (QED) is 0.423. The molecule has 0 saturated heterocycles. The van der Waals surface area contributed by atoms with Crippen LogP contribution in [-0.4, -0.2) is 25.5 Å². The predicted molar refractivity (Wildman–Crippen MR) is 119 cm³/mol. The van der Waals surface area contributed by atoms with Crippen molar-refractivity contribution in [2.45, 2.75) is 43.2 Å². The summed E-state index contributed by atoms with van der Waals surface area (Å²) < 4.78 is 60.8. The van der Waals surface area contributed by atoms with Crippen molar-refractivity contribution in [2.75, 3.05) is 0 Å². The van der Waals surface area contributed by atoms with Crippen LogP contribution in [0.3, 0.4) is 0 Å². The Morgan fingerprint density at radius 2 is 1.81 bits per heavy atom. The van der Waals surface area contributed by atoms with Gasteiger partial charge in [-0.3, -0.25) is 4.21 Å². The highest BCUT2D eigenvalue weighted by atomic mass is 79.9. The first kappa shape index (κ1) is 24.3. The summed E-state index contributed by atoms with van der Waals surface area (Å²) in [5.74, 6) is -1.20. The minimum Gasteiger partial charge on any atom is -0.507 e. The van der Waals surface area contributed by atoms with E-state index in [1.807, 2.05) is 0 Å². The van der Waals surface area contributed by atoms with Crippen LogP contribution >= 0.6 is 15.9 Å². The fraction of sp³-hybridized carbons (Fsp3) is 0.318. The Kier molecular flexibility index (Phi) is 6.50. The van der Waals surface area contributed by atoms with Crippen molar-refractivity contribution in [3.63, 3.8) is 0 Å². The molecule has 3 aromatic rings. The molecule has 1 atom stereocenters. The van der Waals surface area contributed by atoms with E-state index in [9.17, 15) is 27.3 Å². The van der Waals surface area contributed by atoms with Gasteiger partial charge < -0.3 is 14.4 Å². The van der Waals surface area contributed by atoms with Crippen molar-refractivity contribution in [2.24, 2.45) is 7.05 Å². The third kappa shape index (κ3) is 4.85. The van der Waals surface area contributed by atoms with E-state index in [1.54, 1.807) is 38.5 Å². The van der Waals surface area contributed by atoms with Gasteiger partial charge in [0.1, 0.15) is 11.4 Å². The second-order valence-corrected chi connectivity index (χ2v) is 10.5. The average molecular weight is 532 g/mol. The number of benzene rings is 2. The number of aromatic hydroxyl groups is 1. The minimum atomic E-state index is -4.67. The Labute approximate surface area is 193 Å². The van der Waals surface area contributed by atoms with Crippen LogP contribution in [0.5, 0.6) is 5.75 Å².